The number of carboxylic acid groups (broad SMARTS) is 1. The van der Waals surface area contributed by atoms with Gasteiger partial charge in [-0.15, -0.1) is 0 Å². The fourth-order valence-corrected chi connectivity index (χ4v) is 1.43. The van der Waals surface area contributed by atoms with Crippen molar-refractivity contribution in [3.8, 4) is 17.2 Å². The van der Waals surface area contributed by atoms with E-state index in [2.05, 4.69) is 4.98 Å². The molecule has 0 amide bonds. The van der Waals surface area contributed by atoms with Crippen LogP contribution in [0, 0.1) is 0 Å². The zero-order chi connectivity index (χ0) is 12.3. The molecule has 1 aromatic heterocycles. The molecule has 1 heterocycles. The maximum atomic E-state index is 10.5. The van der Waals surface area contributed by atoms with Crippen molar-refractivity contribution in [3.05, 3.63) is 36.2 Å². The Hall–Kier alpha value is -2.30. The summed E-state index contributed by atoms with van der Waals surface area (Å²) in [7, 11) is 1.57. The highest BCUT2D eigenvalue weighted by molar-refractivity contribution is 5.69. The van der Waals surface area contributed by atoms with E-state index in [1.54, 1.807) is 13.2 Å². The molecule has 0 aliphatic carbocycles. The van der Waals surface area contributed by atoms with E-state index in [1.807, 2.05) is 18.2 Å². The number of aliphatic carboxylic acids is 1. The minimum atomic E-state index is -0.946. The Kier molecular flexibility index (Phi) is 3.09. The van der Waals surface area contributed by atoms with Crippen LogP contribution in [0.4, 0.5) is 0 Å². The first-order valence-corrected chi connectivity index (χ1v) is 5.00. The van der Waals surface area contributed by atoms with Crippen molar-refractivity contribution in [2.75, 3.05) is 7.11 Å². The smallest absolute Gasteiger partial charge is 0.311 e. The van der Waals surface area contributed by atoms with Gasteiger partial charge in [0.15, 0.2) is 0 Å². The molecule has 5 heteroatoms. The molecular formula is C12H11NO4. The lowest BCUT2D eigenvalue weighted by molar-refractivity contribution is -0.136. The molecule has 88 valence electrons. The SMILES string of the molecule is COc1cccc(-c2ncc(CC(=O)O)o2)c1. The molecule has 0 fully saturated rings. The van der Waals surface area contributed by atoms with Crippen LogP contribution in [0.3, 0.4) is 0 Å². The van der Waals surface area contributed by atoms with Crippen LogP contribution in [0.5, 0.6) is 5.75 Å². The Morgan fingerprint density at radius 2 is 2.35 bits per heavy atom. The van der Waals surface area contributed by atoms with E-state index < -0.39 is 5.97 Å². The lowest BCUT2D eigenvalue weighted by Crippen LogP contribution is -1.97. The van der Waals surface area contributed by atoms with Gasteiger partial charge >= 0.3 is 5.97 Å². The predicted molar refractivity (Wildman–Crippen MR) is 59.8 cm³/mol. The maximum absolute atomic E-state index is 10.5. The first-order chi connectivity index (χ1) is 8.19. The highest BCUT2D eigenvalue weighted by atomic mass is 16.5. The minimum Gasteiger partial charge on any atom is -0.497 e. The first kappa shape index (κ1) is 11.2. The van der Waals surface area contributed by atoms with Crippen LogP contribution < -0.4 is 4.74 Å². The Morgan fingerprint density at radius 1 is 1.53 bits per heavy atom. The number of aromatic nitrogens is 1. The van der Waals surface area contributed by atoms with Crippen molar-refractivity contribution in [2.45, 2.75) is 6.42 Å². The molecule has 0 saturated heterocycles. The van der Waals surface area contributed by atoms with Gasteiger partial charge in [-0.2, -0.15) is 0 Å². The van der Waals surface area contributed by atoms with E-state index in [9.17, 15) is 4.79 Å². The average molecular weight is 233 g/mol. The quantitative estimate of drug-likeness (QED) is 0.874. The Balaban J connectivity index is 2.26. The third kappa shape index (κ3) is 2.63. The van der Waals surface area contributed by atoms with Crippen molar-refractivity contribution < 1.29 is 19.1 Å². The van der Waals surface area contributed by atoms with Gasteiger partial charge in [0.05, 0.1) is 13.3 Å². The fourth-order valence-electron chi connectivity index (χ4n) is 1.43. The van der Waals surface area contributed by atoms with Gasteiger partial charge in [-0.05, 0) is 18.2 Å². The van der Waals surface area contributed by atoms with Crippen LogP contribution in [0.15, 0.2) is 34.9 Å². The number of methoxy groups -OCH3 is 1. The maximum Gasteiger partial charge on any atom is 0.311 e. The lowest BCUT2D eigenvalue weighted by Gasteiger charge is -2.00. The molecule has 2 rings (SSSR count). The number of oxazole rings is 1. The molecule has 0 aliphatic rings. The number of carbonyl (C=O) groups is 1. The molecule has 17 heavy (non-hydrogen) atoms. The summed E-state index contributed by atoms with van der Waals surface area (Å²) in [6, 6.07) is 7.22. The second-order valence-electron chi connectivity index (χ2n) is 3.43. The first-order valence-electron chi connectivity index (χ1n) is 5.00. The normalized spacial score (nSPS) is 10.2. The number of hydrogen-bond donors (Lipinski definition) is 1. The summed E-state index contributed by atoms with van der Waals surface area (Å²) in [4.78, 5) is 14.5. The summed E-state index contributed by atoms with van der Waals surface area (Å²) < 4.78 is 10.4. The zero-order valence-electron chi connectivity index (χ0n) is 9.21. The van der Waals surface area contributed by atoms with E-state index in [-0.39, 0.29) is 6.42 Å². The van der Waals surface area contributed by atoms with Gasteiger partial charge in [-0.25, -0.2) is 4.98 Å². The van der Waals surface area contributed by atoms with Crippen LogP contribution in [0.25, 0.3) is 11.5 Å². The zero-order valence-corrected chi connectivity index (χ0v) is 9.21. The predicted octanol–water partition coefficient (Wildman–Crippen LogP) is 1.98. The van der Waals surface area contributed by atoms with Gasteiger partial charge in [0.25, 0.3) is 0 Å². The van der Waals surface area contributed by atoms with E-state index in [0.717, 1.165) is 5.56 Å². The molecule has 0 bridgehead atoms. The van der Waals surface area contributed by atoms with Crippen molar-refractivity contribution in [1.29, 1.82) is 0 Å². The van der Waals surface area contributed by atoms with Crippen molar-refractivity contribution in [1.82, 2.24) is 4.98 Å². The molecule has 0 spiro atoms. The Bertz CT molecular complexity index is 533. The van der Waals surface area contributed by atoms with Crippen molar-refractivity contribution in [2.24, 2.45) is 0 Å². The number of rotatable bonds is 4. The van der Waals surface area contributed by atoms with E-state index in [0.29, 0.717) is 17.4 Å². The second kappa shape index (κ2) is 4.69. The molecule has 0 saturated carbocycles. The van der Waals surface area contributed by atoms with Crippen LogP contribution in [0.1, 0.15) is 5.76 Å². The molecule has 0 unspecified atom stereocenters. The molecule has 0 atom stereocenters. The molecule has 5 nitrogen and oxygen atoms in total. The van der Waals surface area contributed by atoms with E-state index >= 15 is 0 Å². The number of carboxylic acids is 1. The summed E-state index contributed by atoms with van der Waals surface area (Å²) in [5, 5.41) is 8.62. The van der Waals surface area contributed by atoms with Gasteiger partial charge in [0, 0.05) is 5.56 Å². The summed E-state index contributed by atoms with van der Waals surface area (Å²) in [5.41, 5.74) is 0.751. The molecule has 0 radical (unpaired) electrons. The lowest BCUT2D eigenvalue weighted by atomic mass is 10.2. The summed E-state index contributed by atoms with van der Waals surface area (Å²) in [5.74, 6) is 0.467. The van der Waals surface area contributed by atoms with Gasteiger partial charge < -0.3 is 14.3 Å². The summed E-state index contributed by atoms with van der Waals surface area (Å²) in [6.07, 6.45) is 1.25. The van der Waals surface area contributed by atoms with Crippen molar-refractivity contribution >= 4 is 5.97 Å². The van der Waals surface area contributed by atoms with Crippen LogP contribution in [0.2, 0.25) is 0 Å². The van der Waals surface area contributed by atoms with Gasteiger partial charge in [-0.3, -0.25) is 4.79 Å². The van der Waals surface area contributed by atoms with Gasteiger partial charge in [-0.1, -0.05) is 6.07 Å². The second-order valence-corrected chi connectivity index (χ2v) is 3.43. The summed E-state index contributed by atoms with van der Waals surface area (Å²) in [6.45, 7) is 0. The van der Waals surface area contributed by atoms with Crippen LogP contribution in [-0.2, 0) is 11.2 Å². The largest absolute Gasteiger partial charge is 0.497 e. The third-order valence-corrected chi connectivity index (χ3v) is 2.20. The fraction of sp³-hybridized carbons (Fsp3) is 0.167. The van der Waals surface area contributed by atoms with Gasteiger partial charge in [0.2, 0.25) is 5.89 Å². The number of hydrogen-bond acceptors (Lipinski definition) is 4. The molecule has 1 N–H and O–H groups in total. The standard InChI is InChI=1S/C12H11NO4/c1-16-9-4-2-3-8(5-9)12-13-7-10(17-12)6-11(14)15/h2-5,7H,6H2,1H3,(H,14,15). The average Bonchev–Trinajstić information content (AvgIpc) is 2.77. The Morgan fingerprint density at radius 3 is 3.06 bits per heavy atom. The summed E-state index contributed by atoms with van der Waals surface area (Å²) >= 11 is 0. The Labute approximate surface area is 97.7 Å². The minimum absolute atomic E-state index is 0.170. The number of ether oxygens (including phenoxy) is 1. The molecule has 2 aromatic rings. The van der Waals surface area contributed by atoms with Crippen LogP contribution in [-0.4, -0.2) is 23.2 Å². The van der Waals surface area contributed by atoms with Gasteiger partial charge in [0.1, 0.15) is 17.9 Å². The topological polar surface area (TPSA) is 72.6 Å². The number of benzene rings is 1. The highest BCUT2D eigenvalue weighted by Gasteiger charge is 2.09. The van der Waals surface area contributed by atoms with Crippen molar-refractivity contribution in [3.63, 3.8) is 0 Å². The number of nitrogens with zero attached hydrogens (tertiary/aromatic N) is 1. The molecule has 0 aliphatic heterocycles. The highest BCUT2D eigenvalue weighted by Crippen LogP contribution is 2.23. The van der Waals surface area contributed by atoms with E-state index in [1.165, 1.54) is 6.20 Å². The van der Waals surface area contributed by atoms with Crippen LogP contribution >= 0.6 is 0 Å². The van der Waals surface area contributed by atoms with E-state index in [4.69, 9.17) is 14.3 Å². The monoisotopic (exact) mass is 233 g/mol. The third-order valence-electron chi connectivity index (χ3n) is 2.20. The molecule has 1 aromatic carbocycles. The molecular weight excluding hydrogens is 222 g/mol.